The number of ether oxygens (including phenoxy) is 1. The van der Waals surface area contributed by atoms with Crippen LogP contribution in [0, 0.1) is 24.1 Å². The molecule has 10 nitrogen and oxygen atoms in total. The van der Waals surface area contributed by atoms with Gasteiger partial charge in [-0.1, -0.05) is 0 Å². The highest BCUT2D eigenvalue weighted by Crippen LogP contribution is 2.27. The van der Waals surface area contributed by atoms with Gasteiger partial charge >= 0.3 is 5.69 Å². The molecule has 170 valence electrons. The number of nitrogens with one attached hydrogen (secondary N) is 1. The summed E-state index contributed by atoms with van der Waals surface area (Å²) in [5, 5.41) is 30.6. The van der Waals surface area contributed by atoms with Gasteiger partial charge in [-0.2, -0.15) is 5.26 Å². The first-order valence-corrected chi connectivity index (χ1v) is 10.0. The van der Waals surface area contributed by atoms with Crippen LogP contribution in [0.15, 0.2) is 34.0 Å². The van der Waals surface area contributed by atoms with Crippen LogP contribution >= 0.6 is 0 Å². The summed E-state index contributed by atoms with van der Waals surface area (Å²) in [4.78, 5) is 37.5. The number of carbonyl (C=O) groups is 1. The van der Waals surface area contributed by atoms with E-state index in [1.54, 1.807) is 13.0 Å². The highest BCUT2D eigenvalue weighted by Gasteiger charge is 2.35. The van der Waals surface area contributed by atoms with Gasteiger partial charge in [0, 0.05) is 36.8 Å². The highest BCUT2D eigenvalue weighted by atomic mass is 18.2. The quantitative estimate of drug-likeness (QED) is 0.500. The Hall–Kier alpha value is -3.33. The lowest BCUT2D eigenvalue weighted by Gasteiger charge is -2.17. The van der Waals surface area contributed by atoms with Crippen LogP contribution in [-0.2, 0) is 11.3 Å². The first kappa shape index (κ1) is 23.3. The topological polar surface area (TPSA) is 147 Å². The fourth-order valence-electron chi connectivity index (χ4n) is 3.51. The molecule has 0 bridgehead atoms. The molecule has 0 saturated carbocycles. The van der Waals surface area contributed by atoms with Gasteiger partial charge in [-0.05, 0) is 31.5 Å². The molecule has 0 aliphatic carbocycles. The highest BCUT2D eigenvalue weighted by molar-refractivity contribution is 5.94. The number of nitrogens with zero attached hydrogens (tertiary/aromatic N) is 3. The Kier molecular flexibility index (Phi) is 7.19. The molecule has 0 spiro atoms. The van der Waals surface area contributed by atoms with Gasteiger partial charge in [0.05, 0.1) is 18.3 Å². The molecule has 11 heteroatoms. The van der Waals surface area contributed by atoms with E-state index in [-0.39, 0.29) is 37.1 Å². The maximum atomic E-state index is 13.4. The molecule has 1 amide bonds. The van der Waals surface area contributed by atoms with Crippen LogP contribution in [-0.4, -0.2) is 50.6 Å². The number of rotatable bonds is 7. The number of aliphatic hydroxyl groups excluding tert-OH is 2. The van der Waals surface area contributed by atoms with Crippen molar-refractivity contribution in [3.63, 3.8) is 0 Å². The van der Waals surface area contributed by atoms with E-state index in [1.807, 2.05) is 0 Å². The molecule has 2 aromatic rings. The summed E-state index contributed by atoms with van der Waals surface area (Å²) in [7, 11) is 0. The van der Waals surface area contributed by atoms with Gasteiger partial charge in [0.2, 0.25) is 0 Å². The molecule has 32 heavy (non-hydrogen) atoms. The number of hydrogen-bond donors (Lipinski definition) is 3. The van der Waals surface area contributed by atoms with Crippen molar-refractivity contribution in [3.05, 3.63) is 67.7 Å². The van der Waals surface area contributed by atoms with Crippen LogP contribution in [0.25, 0.3) is 0 Å². The minimum Gasteiger partial charge on any atom is -0.394 e. The Balaban J connectivity index is 1.67. The molecule has 0 unspecified atom stereocenters. The van der Waals surface area contributed by atoms with Crippen LogP contribution in [0.4, 0.5) is 4.39 Å². The van der Waals surface area contributed by atoms with Gasteiger partial charge in [-0.15, -0.1) is 0 Å². The number of benzene rings is 1. The van der Waals surface area contributed by atoms with Crippen molar-refractivity contribution in [3.8, 4) is 6.07 Å². The average molecular weight is 445 g/mol. The molecule has 3 rings (SSSR count). The number of aryl methyl sites for hydroxylation is 1. The Bertz CT molecular complexity index is 1170. The molecule has 1 aliphatic rings. The van der Waals surface area contributed by atoms with Crippen molar-refractivity contribution in [2.24, 2.45) is 0 Å². The molecule has 1 aromatic carbocycles. The van der Waals surface area contributed by atoms with E-state index in [0.717, 1.165) is 16.7 Å². The number of aliphatic hydroxyl groups is 2. The predicted molar refractivity (Wildman–Crippen MR) is 109 cm³/mol. The standard InChI is InChI=1S/C21H23FN4O6/c1-12-10-26(18-8-16(28)17(11-27)32-18)21(31)25(20(12)30)6-2-5-24-19(29)13-3-4-15(22)14(7-13)9-23/h3-4,7,10,16-18,27-28H,2,5-6,8,11H2,1H3,(H,24,29)/t16-,17+,18+/m0/s1/i22-1. The largest absolute Gasteiger partial charge is 0.394 e. The van der Waals surface area contributed by atoms with E-state index in [9.17, 15) is 29.0 Å². The molecular formula is C21H23FN4O6. The number of aromatic nitrogens is 2. The second-order valence-electron chi connectivity index (χ2n) is 7.49. The van der Waals surface area contributed by atoms with Crippen LogP contribution < -0.4 is 16.6 Å². The van der Waals surface area contributed by atoms with E-state index in [2.05, 4.69) is 5.32 Å². The van der Waals surface area contributed by atoms with E-state index < -0.39 is 48.0 Å². The van der Waals surface area contributed by atoms with E-state index >= 15 is 0 Å². The third kappa shape index (κ3) is 4.77. The number of hydrogen-bond acceptors (Lipinski definition) is 7. The third-order valence-corrected chi connectivity index (χ3v) is 5.25. The Morgan fingerprint density at radius 1 is 1.41 bits per heavy atom. The van der Waals surface area contributed by atoms with Gasteiger partial charge < -0.3 is 20.3 Å². The van der Waals surface area contributed by atoms with Crippen LogP contribution in [0.1, 0.15) is 40.6 Å². The van der Waals surface area contributed by atoms with Crippen molar-refractivity contribution in [2.45, 2.75) is 44.7 Å². The SMILES string of the molecule is Cc1cn([C@H]2C[C@H](O)[C@@H](CO)O2)c(=O)n(CCCNC(=O)c2ccc([18F])c(C#N)c2)c1=O. The number of halogens is 1. The molecule has 2 heterocycles. The number of nitriles is 1. The Morgan fingerprint density at radius 2 is 2.16 bits per heavy atom. The summed E-state index contributed by atoms with van der Waals surface area (Å²) >= 11 is 0. The monoisotopic (exact) mass is 445 g/mol. The van der Waals surface area contributed by atoms with Crippen molar-refractivity contribution < 1.29 is 24.1 Å². The van der Waals surface area contributed by atoms with Gasteiger partial charge in [0.15, 0.2) is 0 Å². The first-order chi connectivity index (χ1) is 15.3. The number of amides is 1. The minimum absolute atomic E-state index is 0.0190. The molecule has 1 saturated heterocycles. The Morgan fingerprint density at radius 3 is 2.81 bits per heavy atom. The summed E-state index contributed by atoms with van der Waals surface area (Å²) in [6.07, 6.45) is -0.837. The van der Waals surface area contributed by atoms with Crippen molar-refractivity contribution in [1.29, 1.82) is 5.26 Å². The summed E-state index contributed by atoms with van der Waals surface area (Å²) in [5.74, 6) is -1.23. The van der Waals surface area contributed by atoms with Crippen LogP contribution in [0.5, 0.6) is 0 Å². The fourth-order valence-corrected chi connectivity index (χ4v) is 3.51. The van der Waals surface area contributed by atoms with Crippen molar-refractivity contribution in [1.82, 2.24) is 14.5 Å². The van der Waals surface area contributed by atoms with Gasteiger partial charge in [0.25, 0.3) is 11.5 Å². The second-order valence-corrected chi connectivity index (χ2v) is 7.49. The fraction of sp³-hybridized carbons (Fsp3) is 0.429. The average Bonchev–Trinajstić information content (AvgIpc) is 3.16. The van der Waals surface area contributed by atoms with Gasteiger partial charge in [0.1, 0.15) is 24.2 Å². The predicted octanol–water partition coefficient (Wildman–Crippen LogP) is -0.210. The minimum atomic E-state index is -0.930. The zero-order valence-electron chi connectivity index (χ0n) is 17.3. The van der Waals surface area contributed by atoms with Crippen LogP contribution in [0.3, 0.4) is 0 Å². The lowest BCUT2D eigenvalue weighted by atomic mass is 10.1. The normalized spacial score (nSPS) is 20.2. The zero-order chi connectivity index (χ0) is 23.4. The summed E-state index contributed by atoms with van der Waals surface area (Å²) in [6.45, 7) is 1.30. The van der Waals surface area contributed by atoms with Crippen LogP contribution in [0.2, 0.25) is 0 Å². The van der Waals surface area contributed by atoms with Crippen molar-refractivity contribution >= 4 is 5.91 Å². The molecule has 3 atom stereocenters. The van der Waals surface area contributed by atoms with Gasteiger partial charge in [-0.3, -0.25) is 18.7 Å². The summed E-state index contributed by atoms with van der Waals surface area (Å²) < 4.78 is 21.1. The van der Waals surface area contributed by atoms with E-state index in [1.165, 1.54) is 16.8 Å². The molecule has 0 radical (unpaired) electrons. The molecule has 1 fully saturated rings. The molecule has 1 aromatic heterocycles. The summed E-state index contributed by atoms with van der Waals surface area (Å²) in [6, 6.07) is 5.10. The maximum absolute atomic E-state index is 13.4. The van der Waals surface area contributed by atoms with Gasteiger partial charge in [-0.25, -0.2) is 9.18 Å². The lowest BCUT2D eigenvalue weighted by molar-refractivity contribution is -0.0464. The first-order valence-electron chi connectivity index (χ1n) is 10.0. The Labute approximate surface area is 182 Å². The number of carbonyl (C=O) groups excluding carboxylic acids is 1. The zero-order valence-corrected chi connectivity index (χ0v) is 17.3. The van der Waals surface area contributed by atoms with E-state index in [0.29, 0.717) is 5.56 Å². The second kappa shape index (κ2) is 9.86. The molecular weight excluding hydrogens is 422 g/mol. The smallest absolute Gasteiger partial charge is 0.333 e. The third-order valence-electron chi connectivity index (χ3n) is 5.25. The molecule has 1 aliphatic heterocycles. The summed E-state index contributed by atoms with van der Waals surface area (Å²) in [5.41, 5.74) is -0.929. The lowest BCUT2D eigenvalue weighted by Crippen LogP contribution is -2.42. The maximum Gasteiger partial charge on any atom is 0.333 e. The van der Waals surface area contributed by atoms with Crippen molar-refractivity contribution in [2.75, 3.05) is 13.2 Å². The van der Waals surface area contributed by atoms with E-state index in [4.69, 9.17) is 10.00 Å². The molecule has 3 N–H and O–H groups in total.